The van der Waals surface area contributed by atoms with Crippen molar-refractivity contribution in [3.63, 3.8) is 0 Å². The first-order chi connectivity index (χ1) is 9.36. The second-order valence-electron chi connectivity index (χ2n) is 4.54. The number of hydrogen-bond donors (Lipinski definition) is 0. The lowest BCUT2D eigenvalue weighted by molar-refractivity contribution is 0.331. The smallest absolute Gasteiger partial charge is 0.128 e. The lowest BCUT2D eigenvalue weighted by Gasteiger charge is -2.20. The molecule has 0 unspecified atom stereocenters. The highest BCUT2D eigenvalue weighted by Crippen LogP contribution is 2.25. The van der Waals surface area contributed by atoms with Gasteiger partial charge in [0, 0.05) is 23.6 Å². The van der Waals surface area contributed by atoms with Gasteiger partial charge in [0.2, 0.25) is 0 Å². The average Bonchev–Trinajstić information content (AvgIpc) is 2.69. The Morgan fingerprint density at radius 2 is 2.11 bits per heavy atom. The molecule has 2 aromatic rings. The predicted molar refractivity (Wildman–Crippen MR) is 79.9 cm³/mol. The third-order valence-corrected chi connectivity index (χ3v) is 3.89. The third kappa shape index (κ3) is 2.73. The summed E-state index contributed by atoms with van der Waals surface area (Å²) in [7, 11) is 0. The molecule has 0 spiro atoms. The van der Waals surface area contributed by atoms with Crippen LogP contribution < -0.4 is 9.64 Å². The normalized spacial score (nSPS) is 14.5. The van der Waals surface area contributed by atoms with Crippen LogP contribution in [0.25, 0.3) is 0 Å². The minimum absolute atomic E-state index is 0.693. The first-order valence-corrected chi connectivity index (χ1v) is 7.45. The van der Waals surface area contributed by atoms with Crippen LogP contribution >= 0.6 is 15.9 Å². The minimum atomic E-state index is 0.693. The van der Waals surface area contributed by atoms with E-state index in [1.807, 2.05) is 24.4 Å². The number of para-hydroxylation sites is 1. The molecule has 0 fully saturated rings. The number of halogens is 1. The molecule has 0 amide bonds. The van der Waals surface area contributed by atoms with Gasteiger partial charge in [-0.2, -0.15) is 0 Å². The maximum Gasteiger partial charge on any atom is 0.128 e. The van der Waals surface area contributed by atoms with Crippen molar-refractivity contribution in [2.75, 3.05) is 18.1 Å². The number of rotatable bonds is 2. The van der Waals surface area contributed by atoms with Gasteiger partial charge in [0.25, 0.3) is 0 Å². The van der Waals surface area contributed by atoms with Crippen molar-refractivity contribution in [2.45, 2.75) is 11.9 Å². The van der Waals surface area contributed by atoms with Gasteiger partial charge in [-0.15, -0.1) is 0 Å². The van der Waals surface area contributed by atoms with E-state index in [9.17, 15) is 0 Å². The second-order valence-corrected chi connectivity index (χ2v) is 5.10. The number of fused-ring (bicyclic) bond motifs is 1. The van der Waals surface area contributed by atoms with Gasteiger partial charge < -0.3 is 9.64 Å². The SMILES string of the molecule is BrCc1ccc(N2CCOc3ccccc3C2)nc1. The molecule has 0 N–H and O–H groups in total. The fraction of sp³-hybridized carbons (Fsp3) is 0.267. The number of hydrogen-bond acceptors (Lipinski definition) is 3. The second kappa shape index (κ2) is 5.61. The molecule has 1 aromatic heterocycles. The molecule has 1 aliphatic heterocycles. The van der Waals surface area contributed by atoms with Crippen LogP contribution in [0.4, 0.5) is 5.82 Å². The summed E-state index contributed by atoms with van der Waals surface area (Å²) in [5, 5.41) is 0.840. The highest BCUT2D eigenvalue weighted by Gasteiger charge is 2.15. The van der Waals surface area contributed by atoms with Crippen molar-refractivity contribution < 1.29 is 4.74 Å². The van der Waals surface area contributed by atoms with Crippen molar-refractivity contribution in [3.8, 4) is 5.75 Å². The average molecular weight is 319 g/mol. The van der Waals surface area contributed by atoms with Crippen LogP contribution in [-0.2, 0) is 11.9 Å². The molecule has 3 rings (SSSR count). The van der Waals surface area contributed by atoms with E-state index in [-0.39, 0.29) is 0 Å². The number of alkyl halides is 1. The molecule has 0 radical (unpaired) electrons. The first-order valence-electron chi connectivity index (χ1n) is 6.33. The standard InChI is InChI=1S/C15H15BrN2O/c16-9-12-5-6-15(17-10-12)18-7-8-19-14-4-2-1-3-13(14)11-18/h1-6,10H,7-9,11H2. The van der Waals surface area contributed by atoms with E-state index in [1.54, 1.807) is 0 Å². The lowest BCUT2D eigenvalue weighted by Crippen LogP contribution is -2.26. The molecule has 0 atom stereocenters. The summed E-state index contributed by atoms with van der Waals surface area (Å²) in [4.78, 5) is 6.78. The van der Waals surface area contributed by atoms with Crippen LogP contribution in [0.3, 0.4) is 0 Å². The summed E-state index contributed by atoms with van der Waals surface area (Å²) in [5.74, 6) is 1.99. The topological polar surface area (TPSA) is 25.4 Å². The molecule has 0 bridgehead atoms. The number of anilines is 1. The first kappa shape index (κ1) is 12.5. The van der Waals surface area contributed by atoms with Crippen molar-refractivity contribution in [1.29, 1.82) is 0 Å². The Kier molecular flexibility index (Phi) is 3.69. The van der Waals surface area contributed by atoms with Crippen molar-refractivity contribution in [3.05, 3.63) is 53.7 Å². The van der Waals surface area contributed by atoms with E-state index in [1.165, 1.54) is 11.1 Å². The molecule has 98 valence electrons. The van der Waals surface area contributed by atoms with Gasteiger partial charge in [0.1, 0.15) is 18.2 Å². The van der Waals surface area contributed by atoms with Crippen LogP contribution in [0.5, 0.6) is 5.75 Å². The molecule has 1 aliphatic rings. The monoisotopic (exact) mass is 318 g/mol. The number of aromatic nitrogens is 1. The number of nitrogens with zero attached hydrogens (tertiary/aromatic N) is 2. The van der Waals surface area contributed by atoms with Gasteiger partial charge in [-0.3, -0.25) is 0 Å². The van der Waals surface area contributed by atoms with Gasteiger partial charge in [-0.25, -0.2) is 4.98 Å². The zero-order valence-electron chi connectivity index (χ0n) is 10.6. The Bertz CT molecular complexity index is 556. The highest BCUT2D eigenvalue weighted by molar-refractivity contribution is 9.08. The summed E-state index contributed by atoms with van der Waals surface area (Å²) >= 11 is 3.44. The van der Waals surface area contributed by atoms with Crippen molar-refractivity contribution >= 4 is 21.7 Å². The summed E-state index contributed by atoms with van der Waals surface area (Å²) < 4.78 is 5.77. The number of ether oxygens (including phenoxy) is 1. The van der Waals surface area contributed by atoms with E-state index in [0.717, 1.165) is 30.0 Å². The molecule has 0 aliphatic carbocycles. The van der Waals surface area contributed by atoms with Gasteiger partial charge in [-0.05, 0) is 17.7 Å². The summed E-state index contributed by atoms with van der Waals surface area (Å²) in [6.45, 7) is 2.39. The maximum absolute atomic E-state index is 5.77. The molecule has 0 saturated heterocycles. The van der Waals surface area contributed by atoms with Gasteiger partial charge in [0.05, 0.1) is 6.54 Å². The molecule has 0 saturated carbocycles. The van der Waals surface area contributed by atoms with Crippen LogP contribution in [-0.4, -0.2) is 18.1 Å². The van der Waals surface area contributed by atoms with Crippen LogP contribution in [0.15, 0.2) is 42.6 Å². The zero-order chi connectivity index (χ0) is 13.1. The van der Waals surface area contributed by atoms with Crippen LogP contribution in [0.1, 0.15) is 11.1 Å². The lowest BCUT2D eigenvalue weighted by atomic mass is 10.2. The Labute approximate surface area is 121 Å². The zero-order valence-corrected chi connectivity index (χ0v) is 12.1. The molecular weight excluding hydrogens is 304 g/mol. The quantitative estimate of drug-likeness (QED) is 0.794. The maximum atomic E-state index is 5.77. The molecular formula is C15H15BrN2O. The summed E-state index contributed by atoms with van der Waals surface area (Å²) in [6, 6.07) is 12.4. The van der Waals surface area contributed by atoms with Gasteiger partial charge in [-0.1, -0.05) is 40.2 Å². The molecule has 1 aromatic carbocycles. The van der Waals surface area contributed by atoms with E-state index >= 15 is 0 Å². The van der Waals surface area contributed by atoms with Gasteiger partial charge in [0.15, 0.2) is 0 Å². The highest BCUT2D eigenvalue weighted by atomic mass is 79.9. The van der Waals surface area contributed by atoms with Crippen molar-refractivity contribution in [2.24, 2.45) is 0 Å². The number of benzene rings is 1. The Morgan fingerprint density at radius 1 is 1.21 bits per heavy atom. The van der Waals surface area contributed by atoms with E-state index in [2.05, 4.69) is 44.0 Å². The summed E-state index contributed by atoms with van der Waals surface area (Å²) in [6.07, 6.45) is 1.92. The van der Waals surface area contributed by atoms with E-state index < -0.39 is 0 Å². The Balaban J connectivity index is 1.85. The van der Waals surface area contributed by atoms with E-state index in [4.69, 9.17) is 4.74 Å². The molecule has 2 heterocycles. The fourth-order valence-corrected chi connectivity index (χ4v) is 2.54. The third-order valence-electron chi connectivity index (χ3n) is 3.24. The van der Waals surface area contributed by atoms with Crippen LogP contribution in [0.2, 0.25) is 0 Å². The predicted octanol–water partition coefficient (Wildman–Crippen LogP) is 3.38. The minimum Gasteiger partial charge on any atom is -0.491 e. The van der Waals surface area contributed by atoms with Gasteiger partial charge >= 0.3 is 0 Å². The fourth-order valence-electron chi connectivity index (χ4n) is 2.20. The molecule has 4 heteroatoms. The largest absolute Gasteiger partial charge is 0.491 e. The van der Waals surface area contributed by atoms with E-state index in [0.29, 0.717) is 6.61 Å². The van der Waals surface area contributed by atoms with Crippen LogP contribution in [0, 0.1) is 0 Å². The number of pyridine rings is 1. The molecule has 3 nitrogen and oxygen atoms in total. The van der Waals surface area contributed by atoms with Crippen molar-refractivity contribution in [1.82, 2.24) is 4.98 Å². The Hall–Kier alpha value is -1.55. The Morgan fingerprint density at radius 3 is 2.89 bits per heavy atom. The molecule has 19 heavy (non-hydrogen) atoms. The summed E-state index contributed by atoms with van der Waals surface area (Å²) in [5.41, 5.74) is 2.40.